The molecule has 2 aliphatic rings. The Labute approximate surface area is 844 Å². The van der Waals surface area contributed by atoms with Crippen LogP contribution in [0.4, 0.5) is 34.1 Å². The molecule has 4 nitrogen and oxygen atoms in total. The molecule has 6 heteroatoms. The standard InChI is InChI=1S/C71H48N2S.C67H46N2S/c1-71(2)62-27-15-13-21-53(62)54-39-38-52(44-63(54)71)72(50-34-29-47(30-35-50)45-17-5-3-6-18-45)69-58-25-11-9-23-56(58)67(57-24-10-12-26-59(57)69)49-33-41-64-61(43-49)68-65(42-40-60-55-22-14-16-28-66(55)74-70(60)68)73(64)51-36-31-48(32-37-51)46-19-7-4-8-20-46;1-67(2)59-23-13-11-20-53(59)54-35-34-50(42-60(54)67)68(48-30-25-45(26-31-48)43-15-5-3-6-16-43)61-39-36-51(52-19-9-10-21-55(52)61)47-29-38-62-58(41-47)65-63(40-37-57-56-22-12-14-24-64(56)70-66(57)65)69(62)49-32-27-46(28-33-49)44-17-7-4-8-18-44/h3-44H,1-2H3;3-42H,1-2H3. The largest absolute Gasteiger partial charge is 0.310 e. The lowest BCUT2D eigenvalue weighted by atomic mass is 9.82. The molecule has 4 aromatic heterocycles. The number of hydrogen-bond donors (Lipinski definition) is 0. The molecule has 0 saturated carbocycles. The lowest BCUT2D eigenvalue weighted by molar-refractivity contribution is 0.660. The van der Waals surface area contributed by atoms with Crippen LogP contribution in [0.5, 0.6) is 0 Å². The molecule has 0 radical (unpaired) electrons. The second-order valence-corrected chi connectivity index (χ2v) is 41.7. The molecule has 0 aliphatic heterocycles. The lowest BCUT2D eigenvalue weighted by Crippen LogP contribution is -2.17. The maximum Gasteiger partial charge on any atom is 0.0618 e. The predicted molar refractivity (Wildman–Crippen MR) is 617 cm³/mol. The zero-order valence-corrected chi connectivity index (χ0v) is 81.6. The van der Waals surface area contributed by atoms with E-state index in [2.05, 4.69) is 544 Å². The van der Waals surface area contributed by atoms with Crippen LogP contribution >= 0.6 is 22.7 Å². The van der Waals surface area contributed by atoms with Crippen molar-refractivity contribution in [2.75, 3.05) is 9.80 Å². The van der Waals surface area contributed by atoms with Gasteiger partial charge >= 0.3 is 0 Å². The van der Waals surface area contributed by atoms with Gasteiger partial charge in [-0.05, 0) is 255 Å². The Kier molecular flexibility index (Phi) is 19.7. The van der Waals surface area contributed by atoms with Gasteiger partial charge in [0.05, 0.1) is 33.4 Å². The highest BCUT2D eigenvalue weighted by Crippen LogP contribution is 2.58. The van der Waals surface area contributed by atoms with Gasteiger partial charge in [-0.1, -0.05) is 398 Å². The number of anilines is 6. The predicted octanol–water partition coefficient (Wildman–Crippen LogP) is 39.3. The van der Waals surface area contributed by atoms with Crippen LogP contribution in [0.1, 0.15) is 49.9 Å². The smallest absolute Gasteiger partial charge is 0.0618 e. The molecular formula is C138H94N4S2. The summed E-state index contributed by atoms with van der Waals surface area (Å²) in [7, 11) is 0. The van der Waals surface area contributed by atoms with Crippen LogP contribution in [0.2, 0.25) is 0 Å². The number of hydrogen-bond acceptors (Lipinski definition) is 4. The van der Waals surface area contributed by atoms with Crippen molar-refractivity contribution in [1.29, 1.82) is 0 Å². The normalized spacial score (nSPS) is 12.8. The van der Waals surface area contributed by atoms with E-state index in [1.165, 1.54) is 233 Å². The van der Waals surface area contributed by atoms with Gasteiger partial charge in [0, 0.05) is 123 Å². The van der Waals surface area contributed by atoms with Gasteiger partial charge in [0.15, 0.2) is 0 Å². The summed E-state index contributed by atoms with van der Waals surface area (Å²) in [5, 5.41) is 17.6. The summed E-state index contributed by atoms with van der Waals surface area (Å²) in [5.41, 5.74) is 38.9. The molecule has 0 unspecified atom stereocenters. The van der Waals surface area contributed by atoms with E-state index in [-0.39, 0.29) is 10.8 Å². The molecule has 0 N–H and O–H groups in total. The summed E-state index contributed by atoms with van der Waals surface area (Å²) < 4.78 is 10.2. The highest BCUT2D eigenvalue weighted by molar-refractivity contribution is 7.27. The van der Waals surface area contributed by atoms with E-state index >= 15 is 0 Å². The Hall–Kier alpha value is -17.5. The van der Waals surface area contributed by atoms with E-state index in [1.54, 1.807) is 0 Å². The van der Waals surface area contributed by atoms with Crippen molar-refractivity contribution in [3.63, 3.8) is 0 Å². The Bertz CT molecular complexity index is 9800. The van der Waals surface area contributed by atoms with Crippen LogP contribution in [0.3, 0.4) is 0 Å². The van der Waals surface area contributed by atoms with Crippen molar-refractivity contribution in [2.45, 2.75) is 38.5 Å². The summed E-state index contributed by atoms with van der Waals surface area (Å²) in [6.45, 7) is 9.49. The fourth-order valence-electron chi connectivity index (χ4n) is 24.1. The first kappa shape index (κ1) is 84.5. The fourth-order valence-corrected chi connectivity index (χ4v) is 26.6. The summed E-state index contributed by atoms with van der Waals surface area (Å²) in [5.74, 6) is 0. The summed E-state index contributed by atoms with van der Waals surface area (Å²) >= 11 is 3.81. The Balaban J connectivity index is 0.000000140. The summed E-state index contributed by atoms with van der Waals surface area (Å²) in [6, 6.07) is 185. The summed E-state index contributed by atoms with van der Waals surface area (Å²) in [6.07, 6.45) is 0. The molecule has 0 spiro atoms. The molecule has 0 saturated heterocycles. The fraction of sp³-hybridized carbons (Fsp3) is 0.0435. The van der Waals surface area contributed by atoms with E-state index < -0.39 is 0 Å². The molecule has 144 heavy (non-hydrogen) atoms. The minimum absolute atomic E-state index is 0.133. The number of benzene rings is 23. The van der Waals surface area contributed by atoms with Gasteiger partial charge in [-0.25, -0.2) is 0 Å². The van der Waals surface area contributed by atoms with Crippen molar-refractivity contribution in [1.82, 2.24) is 9.13 Å². The summed E-state index contributed by atoms with van der Waals surface area (Å²) in [4.78, 5) is 5.00. The first-order chi connectivity index (χ1) is 70.9. The molecule has 29 rings (SSSR count). The van der Waals surface area contributed by atoms with E-state index in [1.807, 2.05) is 22.7 Å². The molecular weight excluding hydrogens is 1780 g/mol. The monoisotopic (exact) mass is 1870 g/mol. The van der Waals surface area contributed by atoms with Crippen LogP contribution in [0, 0.1) is 0 Å². The molecule has 23 aromatic carbocycles. The zero-order valence-electron chi connectivity index (χ0n) is 79.9. The third kappa shape index (κ3) is 13.5. The number of nitrogens with zero attached hydrogens (tertiary/aromatic N) is 4. The maximum absolute atomic E-state index is 2.53. The van der Waals surface area contributed by atoms with Crippen LogP contribution in [-0.4, -0.2) is 9.13 Å². The molecule has 4 heterocycles. The average Bonchev–Trinajstić information content (AvgIpc) is 1.51. The zero-order chi connectivity index (χ0) is 95.6. The van der Waals surface area contributed by atoms with Crippen LogP contribution < -0.4 is 9.80 Å². The maximum atomic E-state index is 2.53. The van der Waals surface area contributed by atoms with E-state index in [4.69, 9.17) is 0 Å². The molecule has 0 fully saturated rings. The van der Waals surface area contributed by atoms with Gasteiger partial charge in [-0.3, -0.25) is 0 Å². The van der Waals surface area contributed by atoms with Gasteiger partial charge in [0.2, 0.25) is 0 Å². The molecule has 0 atom stereocenters. The van der Waals surface area contributed by atoms with Gasteiger partial charge in [-0.2, -0.15) is 0 Å². The van der Waals surface area contributed by atoms with Crippen LogP contribution in [-0.2, 0) is 10.8 Å². The van der Waals surface area contributed by atoms with Crippen molar-refractivity contribution in [3.05, 3.63) is 520 Å². The minimum Gasteiger partial charge on any atom is -0.310 e. The van der Waals surface area contributed by atoms with E-state index in [0.29, 0.717) is 0 Å². The van der Waals surface area contributed by atoms with Gasteiger partial charge in [0.25, 0.3) is 0 Å². The molecule has 2 aliphatic carbocycles. The molecule has 27 aromatic rings. The number of fused-ring (bicyclic) bond motifs is 23. The van der Waals surface area contributed by atoms with Gasteiger partial charge < -0.3 is 18.9 Å². The van der Waals surface area contributed by atoms with Crippen molar-refractivity contribution >= 4 is 173 Å². The average molecular weight is 1870 g/mol. The SMILES string of the molecule is CC1(C)c2ccccc2-c2ccc(N(c3ccc(-c4ccccc4)cc3)c3c4ccccc4c(-c4ccc5c(c4)c4c6sc7ccccc7c6ccc4n5-c4ccc(-c5ccccc5)cc4)c4ccccc34)cc21.CC1(C)c2ccccc2-c2ccc(N(c3ccc(-c4ccccc4)cc3)c3ccc(-c4ccc5c(c4)c4c6sc7ccccc7c6ccc4n5-c4ccc(-c5ccccc5)cc4)c4ccccc34)cc21. The first-order valence-electron chi connectivity index (χ1n) is 49.9. The minimum atomic E-state index is -0.159. The van der Waals surface area contributed by atoms with Crippen LogP contribution in [0.15, 0.2) is 497 Å². The molecule has 0 bridgehead atoms. The first-order valence-corrected chi connectivity index (χ1v) is 51.5. The van der Waals surface area contributed by atoms with Crippen molar-refractivity contribution in [3.8, 4) is 100 Å². The number of thiophene rings is 2. The Morgan fingerprint density at radius 1 is 0.194 bits per heavy atom. The lowest BCUT2D eigenvalue weighted by Gasteiger charge is -2.31. The molecule has 0 amide bonds. The second kappa shape index (κ2) is 33.6. The quantitative estimate of drug-likeness (QED) is 0.101. The highest BCUT2D eigenvalue weighted by Gasteiger charge is 2.39. The van der Waals surface area contributed by atoms with E-state index in [9.17, 15) is 0 Å². The van der Waals surface area contributed by atoms with Crippen molar-refractivity contribution < 1.29 is 0 Å². The van der Waals surface area contributed by atoms with Gasteiger partial charge in [0.1, 0.15) is 0 Å². The number of aromatic nitrogens is 2. The third-order valence-corrected chi connectivity index (χ3v) is 33.4. The molecule has 678 valence electrons. The van der Waals surface area contributed by atoms with Crippen molar-refractivity contribution in [2.24, 2.45) is 0 Å². The Morgan fingerprint density at radius 3 is 0.965 bits per heavy atom. The third-order valence-electron chi connectivity index (χ3n) is 31.0. The Morgan fingerprint density at radius 2 is 0.514 bits per heavy atom. The highest BCUT2D eigenvalue weighted by atomic mass is 32.1. The van der Waals surface area contributed by atoms with E-state index in [0.717, 1.165) is 39.8 Å². The number of rotatable bonds is 14. The van der Waals surface area contributed by atoms with Gasteiger partial charge in [-0.15, -0.1) is 22.7 Å². The van der Waals surface area contributed by atoms with Crippen LogP contribution in [0.25, 0.3) is 217 Å². The second-order valence-electron chi connectivity index (χ2n) is 39.6. The topological polar surface area (TPSA) is 16.3 Å².